The number of rotatable bonds is 17. The molecule has 2 aliphatic rings. The molecule has 1 N–H and O–H groups in total. The molecule has 0 unspecified atom stereocenters. The van der Waals surface area contributed by atoms with E-state index >= 15 is 0 Å². The summed E-state index contributed by atoms with van der Waals surface area (Å²) in [4.78, 5) is 16.9. The monoisotopic (exact) mass is 611 g/mol. The zero-order valence-corrected chi connectivity index (χ0v) is 27.4. The highest BCUT2D eigenvalue weighted by molar-refractivity contribution is 5.78. The molecule has 44 heavy (non-hydrogen) atoms. The van der Waals surface area contributed by atoms with Gasteiger partial charge in [-0.1, -0.05) is 37.3 Å². The maximum absolute atomic E-state index is 12.8. The molecule has 1 saturated heterocycles. The van der Waals surface area contributed by atoms with Crippen LogP contribution in [0.2, 0.25) is 0 Å². The Hall–Kier alpha value is -2.69. The highest BCUT2D eigenvalue weighted by Gasteiger charge is 2.34. The number of methoxy groups -OCH3 is 2. The first-order valence-corrected chi connectivity index (χ1v) is 16.1. The maximum atomic E-state index is 12.8. The van der Waals surface area contributed by atoms with Crippen molar-refractivity contribution >= 4 is 11.6 Å². The topological polar surface area (TPSA) is 81.7 Å². The molecule has 0 aromatic heterocycles. The average Bonchev–Trinajstić information content (AvgIpc) is 3.05. The van der Waals surface area contributed by atoms with Crippen LogP contribution in [0.25, 0.3) is 0 Å². The molecule has 9 heteroatoms. The Balaban J connectivity index is 1.46. The molecule has 2 heterocycles. The second-order valence-electron chi connectivity index (χ2n) is 12.1. The molecular weight excluding hydrogens is 558 g/mol. The summed E-state index contributed by atoms with van der Waals surface area (Å²) in [7, 11) is 7.12. The lowest BCUT2D eigenvalue weighted by Gasteiger charge is -2.38. The Morgan fingerprint density at radius 2 is 1.82 bits per heavy atom. The van der Waals surface area contributed by atoms with E-state index < -0.39 is 0 Å². The molecule has 0 aliphatic carbocycles. The highest BCUT2D eigenvalue weighted by Crippen LogP contribution is 2.35. The van der Waals surface area contributed by atoms with E-state index in [1.54, 1.807) is 19.1 Å². The fraction of sp³-hybridized carbons (Fsp3) is 0.629. The molecule has 2 aromatic rings. The smallest absolute Gasteiger partial charge is 0.225 e. The molecule has 0 radical (unpaired) electrons. The largest absolute Gasteiger partial charge is 0.490 e. The third-order valence-electron chi connectivity index (χ3n) is 8.78. The highest BCUT2D eigenvalue weighted by atomic mass is 16.5. The molecule has 0 saturated carbocycles. The summed E-state index contributed by atoms with van der Waals surface area (Å²) < 4.78 is 28.7. The van der Waals surface area contributed by atoms with Crippen LogP contribution in [0.15, 0.2) is 42.5 Å². The van der Waals surface area contributed by atoms with Gasteiger partial charge >= 0.3 is 0 Å². The van der Waals surface area contributed by atoms with Gasteiger partial charge in [-0.05, 0) is 54.5 Å². The van der Waals surface area contributed by atoms with Gasteiger partial charge < -0.3 is 38.8 Å². The number of nitrogens with zero attached hydrogens (tertiary/aromatic N) is 2. The van der Waals surface area contributed by atoms with Crippen molar-refractivity contribution < 1.29 is 28.5 Å². The van der Waals surface area contributed by atoms with Crippen molar-refractivity contribution in [2.75, 3.05) is 79.3 Å². The first-order valence-electron chi connectivity index (χ1n) is 16.1. The maximum Gasteiger partial charge on any atom is 0.225 e. The van der Waals surface area contributed by atoms with Gasteiger partial charge in [0.15, 0.2) is 0 Å². The van der Waals surface area contributed by atoms with Crippen LogP contribution in [0.3, 0.4) is 0 Å². The van der Waals surface area contributed by atoms with Gasteiger partial charge in [-0.3, -0.25) is 4.79 Å². The summed E-state index contributed by atoms with van der Waals surface area (Å²) in [6, 6.07) is 15.4. The molecule has 0 bridgehead atoms. The molecule has 2 aliphatic heterocycles. The Kier molecular flexibility index (Phi) is 13.8. The van der Waals surface area contributed by atoms with Gasteiger partial charge in [-0.25, -0.2) is 0 Å². The fourth-order valence-electron chi connectivity index (χ4n) is 6.26. The van der Waals surface area contributed by atoms with Gasteiger partial charge in [0.05, 0.1) is 44.8 Å². The van der Waals surface area contributed by atoms with Crippen molar-refractivity contribution in [3.05, 3.63) is 59.2 Å². The SMILES string of the molecule is CC[C@H](C[C@H]1C[C@H](c2ccc(COCCOC)cc2)[C@@H](OCc2ccc3c(c2)N(CCCOC)CCO3)CN1)C(=O)N(C)C. The summed E-state index contributed by atoms with van der Waals surface area (Å²) in [6.07, 6.45) is 3.56. The van der Waals surface area contributed by atoms with E-state index in [9.17, 15) is 4.79 Å². The number of nitrogens with one attached hydrogen (secondary N) is 1. The second kappa shape index (κ2) is 17.7. The molecule has 0 spiro atoms. The standard InChI is InChI=1S/C35H53N3O6/c1-6-28(35(39)37(2)3)21-30-22-31(29-11-8-26(9-12-29)24-42-19-18-41-5)34(23-36-30)44-25-27-10-13-33-32(20-27)38(15-17-43-33)14-7-16-40-4/h8-13,20,28,30-31,34,36H,6-7,14-19,21-25H2,1-5H3/t28-,30+,31-,34+/m1/s1. The molecule has 1 fully saturated rings. The van der Waals surface area contributed by atoms with Crippen LogP contribution in [0.5, 0.6) is 5.75 Å². The van der Waals surface area contributed by atoms with Crippen LogP contribution in [0.1, 0.15) is 55.2 Å². The molecule has 2 aromatic carbocycles. The summed E-state index contributed by atoms with van der Waals surface area (Å²) in [5.41, 5.74) is 4.67. The van der Waals surface area contributed by atoms with Crippen LogP contribution in [0.4, 0.5) is 5.69 Å². The van der Waals surface area contributed by atoms with Gasteiger partial charge in [-0.2, -0.15) is 0 Å². The van der Waals surface area contributed by atoms with E-state index in [2.05, 4.69) is 59.6 Å². The van der Waals surface area contributed by atoms with Crippen molar-refractivity contribution in [3.63, 3.8) is 0 Å². The summed E-state index contributed by atoms with van der Waals surface area (Å²) in [6.45, 7) is 8.35. The number of carbonyl (C=O) groups is 1. The predicted octanol–water partition coefficient (Wildman–Crippen LogP) is 4.62. The quantitative estimate of drug-likeness (QED) is 0.260. The number of carbonyl (C=O) groups excluding carboxylic acids is 1. The summed E-state index contributed by atoms with van der Waals surface area (Å²) >= 11 is 0. The minimum atomic E-state index is 0.00441. The lowest BCUT2D eigenvalue weighted by Crippen LogP contribution is -2.48. The predicted molar refractivity (Wildman–Crippen MR) is 173 cm³/mol. The molecule has 1 amide bonds. The number of benzene rings is 2. The molecule has 4 rings (SSSR count). The Labute approximate surface area is 264 Å². The van der Waals surface area contributed by atoms with Crippen molar-refractivity contribution in [1.82, 2.24) is 10.2 Å². The second-order valence-corrected chi connectivity index (χ2v) is 12.1. The van der Waals surface area contributed by atoms with E-state index in [4.69, 9.17) is 23.7 Å². The van der Waals surface area contributed by atoms with Gasteiger partial charge in [0.25, 0.3) is 0 Å². The van der Waals surface area contributed by atoms with Crippen LogP contribution in [-0.4, -0.2) is 97.3 Å². The average molecular weight is 612 g/mol. The Morgan fingerprint density at radius 1 is 1.05 bits per heavy atom. The van der Waals surface area contributed by atoms with Crippen molar-refractivity contribution in [2.24, 2.45) is 5.92 Å². The zero-order chi connectivity index (χ0) is 31.3. The van der Waals surface area contributed by atoms with E-state index in [1.165, 1.54) is 5.56 Å². The molecule has 9 nitrogen and oxygen atoms in total. The fourth-order valence-corrected chi connectivity index (χ4v) is 6.26. The van der Waals surface area contributed by atoms with E-state index in [0.29, 0.717) is 33.0 Å². The lowest BCUT2D eigenvalue weighted by molar-refractivity contribution is -0.133. The minimum absolute atomic E-state index is 0.00441. The number of ether oxygens (including phenoxy) is 5. The molecule has 244 valence electrons. The third-order valence-corrected chi connectivity index (χ3v) is 8.78. The number of hydrogen-bond acceptors (Lipinski definition) is 8. The van der Waals surface area contributed by atoms with Crippen LogP contribution in [-0.2, 0) is 37.0 Å². The first-order chi connectivity index (χ1) is 21.4. The number of amides is 1. The van der Waals surface area contributed by atoms with Crippen molar-refractivity contribution in [2.45, 2.75) is 63.9 Å². The van der Waals surface area contributed by atoms with Crippen LogP contribution < -0.4 is 15.0 Å². The number of hydrogen-bond donors (Lipinski definition) is 1. The number of fused-ring (bicyclic) bond motifs is 1. The zero-order valence-electron chi connectivity index (χ0n) is 27.4. The van der Waals surface area contributed by atoms with Gasteiger partial charge in [0, 0.05) is 65.9 Å². The Bertz CT molecular complexity index is 1140. The van der Waals surface area contributed by atoms with Crippen LogP contribution >= 0.6 is 0 Å². The van der Waals surface area contributed by atoms with Gasteiger partial charge in [0.2, 0.25) is 5.91 Å². The van der Waals surface area contributed by atoms with Crippen molar-refractivity contribution in [1.29, 1.82) is 0 Å². The number of anilines is 1. The summed E-state index contributed by atoms with van der Waals surface area (Å²) in [5.74, 6) is 1.36. The number of piperidine rings is 1. The normalized spacial score (nSPS) is 20.6. The van der Waals surface area contributed by atoms with Crippen LogP contribution in [0, 0.1) is 5.92 Å². The van der Waals surface area contributed by atoms with Gasteiger partial charge in [0.1, 0.15) is 12.4 Å². The Morgan fingerprint density at radius 3 is 2.55 bits per heavy atom. The molecule has 4 atom stereocenters. The minimum Gasteiger partial charge on any atom is -0.490 e. The van der Waals surface area contributed by atoms with Crippen molar-refractivity contribution in [3.8, 4) is 5.75 Å². The van der Waals surface area contributed by atoms with E-state index in [-0.39, 0.29) is 29.9 Å². The van der Waals surface area contributed by atoms with Gasteiger partial charge in [-0.15, -0.1) is 0 Å². The molecular formula is C35H53N3O6. The van der Waals surface area contributed by atoms with E-state index in [0.717, 1.165) is 74.5 Å². The first kappa shape index (κ1) is 34.2. The lowest BCUT2D eigenvalue weighted by atomic mass is 9.80. The third kappa shape index (κ3) is 9.65. The van der Waals surface area contributed by atoms with E-state index in [1.807, 2.05) is 14.1 Å². The summed E-state index contributed by atoms with van der Waals surface area (Å²) in [5, 5.41) is 3.73.